The molecule has 0 saturated carbocycles. The smallest absolute Gasteiger partial charge is 0.123 e. The van der Waals surface area contributed by atoms with Gasteiger partial charge in [0, 0.05) is 31.9 Å². The van der Waals surface area contributed by atoms with Gasteiger partial charge in [0.2, 0.25) is 0 Å². The van der Waals surface area contributed by atoms with Crippen molar-refractivity contribution >= 4 is 5.69 Å². The largest absolute Gasteiger partial charge is 0.383 e. The third-order valence-corrected chi connectivity index (χ3v) is 3.38. The second-order valence-electron chi connectivity index (χ2n) is 4.75. The predicted octanol–water partition coefficient (Wildman–Crippen LogP) is 2.80. The number of nitrogens with zero attached hydrogens (tertiary/aromatic N) is 1. The first-order valence-electron chi connectivity index (χ1n) is 6.82. The summed E-state index contributed by atoms with van der Waals surface area (Å²) in [6, 6.07) is 5.39. The second kappa shape index (κ2) is 8.12. The van der Waals surface area contributed by atoms with Crippen LogP contribution in [0.3, 0.4) is 0 Å². The van der Waals surface area contributed by atoms with Crippen molar-refractivity contribution in [1.29, 1.82) is 0 Å². The number of rotatable bonds is 8. The van der Waals surface area contributed by atoms with Crippen LogP contribution in [0.15, 0.2) is 18.2 Å². The molecule has 0 aliphatic rings. The van der Waals surface area contributed by atoms with E-state index in [1.807, 2.05) is 13.1 Å². The SMILES string of the molecule is CCC(C)N(CCOC)c1ccc(F)cc1CNC. The van der Waals surface area contributed by atoms with Crippen molar-refractivity contribution in [1.82, 2.24) is 5.32 Å². The maximum atomic E-state index is 13.4. The zero-order valence-corrected chi connectivity index (χ0v) is 12.4. The molecule has 0 heterocycles. The van der Waals surface area contributed by atoms with Crippen molar-refractivity contribution in [3.05, 3.63) is 29.6 Å². The summed E-state index contributed by atoms with van der Waals surface area (Å²) in [6.45, 7) is 6.48. The first-order valence-corrected chi connectivity index (χ1v) is 6.82. The van der Waals surface area contributed by atoms with E-state index < -0.39 is 0 Å². The molecule has 0 saturated heterocycles. The maximum Gasteiger partial charge on any atom is 0.123 e. The number of hydrogen-bond acceptors (Lipinski definition) is 3. The van der Waals surface area contributed by atoms with Gasteiger partial charge in [-0.05, 0) is 44.2 Å². The first kappa shape index (κ1) is 15.9. The van der Waals surface area contributed by atoms with Crippen LogP contribution in [-0.2, 0) is 11.3 Å². The molecule has 0 bridgehead atoms. The van der Waals surface area contributed by atoms with E-state index in [-0.39, 0.29) is 5.82 Å². The molecule has 108 valence electrons. The summed E-state index contributed by atoms with van der Waals surface area (Å²) in [4.78, 5) is 2.29. The molecule has 19 heavy (non-hydrogen) atoms. The quantitative estimate of drug-likeness (QED) is 0.784. The van der Waals surface area contributed by atoms with Gasteiger partial charge in [-0.25, -0.2) is 4.39 Å². The molecule has 0 aliphatic heterocycles. The van der Waals surface area contributed by atoms with Gasteiger partial charge in [-0.3, -0.25) is 0 Å². The van der Waals surface area contributed by atoms with E-state index in [1.54, 1.807) is 13.2 Å². The predicted molar refractivity (Wildman–Crippen MR) is 78.1 cm³/mol. The van der Waals surface area contributed by atoms with Crippen LogP contribution >= 0.6 is 0 Å². The summed E-state index contributed by atoms with van der Waals surface area (Å²) in [5.74, 6) is -0.190. The summed E-state index contributed by atoms with van der Waals surface area (Å²) >= 11 is 0. The lowest BCUT2D eigenvalue weighted by Gasteiger charge is -2.32. The van der Waals surface area contributed by atoms with Crippen LogP contribution in [0.1, 0.15) is 25.8 Å². The van der Waals surface area contributed by atoms with Gasteiger partial charge in [-0.2, -0.15) is 0 Å². The van der Waals surface area contributed by atoms with E-state index in [4.69, 9.17) is 4.74 Å². The molecule has 1 aromatic carbocycles. The topological polar surface area (TPSA) is 24.5 Å². The minimum Gasteiger partial charge on any atom is -0.383 e. The van der Waals surface area contributed by atoms with Crippen LogP contribution in [0.5, 0.6) is 0 Å². The van der Waals surface area contributed by atoms with Crippen molar-refractivity contribution in [2.45, 2.75) is 32.9 Å². The van der Waals surface area contributed by atoms with E-state index in [9.17, 15) is 4.39 Å². The number of benzene rings is 1. The van der Waals surface area contributed by atoms with Gasteiger partial charge in [-0.1, -0.05) is 6.92 Å². The zero-order valence-electron chi connectivity index (χ0n) is 12.4. The third kappa shape index (κ3) is 4.48. The summed E-state index contributed by atoms with van der Waals surface area (Å²) in [6.07, 6.45) is 1.04. The van der Waals surface area contributed by atoms with Crippen molar-refractivity contribution in [2.75, 3.05) is 32.2 Å². The molecule has 1 unspecified atom stereocenters. The van der Waals surface area contributed by atoms with Crippen LogP contribution in [0.4, 0.5) is 10.1 Å². The Kier molecular flexibility index (Phi) is 6.81. The molecular weight excluding hydrogens is 243 g/mol. The van der Waals surface area contributed by atoms with E-state index in [1.165, 1.54) is 6.07 Å². The van der Waals surface area contributed by atoms with Crippen LogP contribution in [0.2, 0.25) is 0 Å². The summed E-state index contributed by atoms with van der Waals surface area (Å²) in [5.41, 5.74) is 2.07. The molecule has 1 rings (SSSR count). The number of hydrogen-bond donors (Lipinski definition) is 1. The average Bonchev–Trinajstić information content (AvgIpc) is 2.41. The van der Waals surface area contributed by atoms with E-state index in [2.05, 4.69) is 24.1 Å². The van der Waals surface area contributed by atoms with Crippen LogP contribution in [0, 0.1) is 5.82 Å². The van der Waals surface area contributed by atoms with Gasteiger partial charge in [0.1, 0.15) is 5.82 Å². The Morgan fingerprint density at radius 3 is 2.74 bits per heavy atom. The van der Waals surface area contributed by atoms with Gasteiger partial charge in [0.05, 0.1) is 6.61 Å². The molecule has 0 aliphatic carbocycles. The summed E-state index contributed by atoms with van der Waals surface area (Å²) in [7, 11) is 3.57. The van der Waals surface area contributed by atoms with Crippen molar-refractivity contribution < 1.29 is 9.13 Å². The minimum absolute atomic E-state index is 0.190. The van der Waals surface area contributed by atoms with Gasteiger partial charge in [0.15, 0.2) is 0 Å². The summed E-state index contributed by atoms with van der Waals surface area (Å²) in [5, 5.41) is 3.09. The molecule has 0 spiro atoms. The van der Waals surface area contributed by atoms with Crippen molar-refractivity contribution in [2.24, 2.45) is 0 Å². The minimum atomic E-state index is -0.190. The third-order valence-electron chi connectivity index (χ3n) is 3.38. The normalized spacial score (nSPS) is 12.5. The summed E-state index contributed by atoms with van der Waals surface area (Å²) < 4.78 is 18.6. The Bertz CT molecular complexity index is 384. The second-order valence-corrected chi connectivity index (χ2v) is 4.75. The number of nitrogens with one attached hydrogen (secondary N) is 1. The van der Waals surface area contributed by atoms with Gasteiger partial charge >= 0.3 is 0 Å². The maximum absolute atomic E-state index is 13.4. The fourth-order valence-corrected chi connectivity index (χ4v) is 2.15. The molecule has 0 radical (unpaired) electrons. The Morgan fingerprint density at radius 1 is 1.42 bits per heavy atom. The highest BCUT2D eigenvalue weighted by Gasteiger charge is 2.16. The number of halogens is 1. The van der Waals surface area contributed by atoms with Gasteiger partial charge in [0.25, 0.3) is 0 Å². The zero-order chi connectivity index (χ0) is 14.3. The number of methoxy groups -OCH3 is 1. The Morgan fingerprint density at radius 2 is 2.16 bits per heavy atom. The van der Waals surface area contributed by atoms with Crippen molar-refractivity contribution in [3.63, 3.8) is 0 Å². The Hall–Kier alpha value is -1.13. The highest BCUT2D eigenvalue weighted by atomic mass is 19.1. The monoisotopic (exact) mass is 268 g/mol. The lowest BCUT2D eigenvalue weighted by Crippen LogP contribution is -2.36. The number of anilines is 1. The fraction of sp³-hybridized carbons (Fsp3) is 0.600. The molecule has 0 aromatic heterocycles. The van der Waals surface area contributed by atoms with Crippen LogP contribution < -0.4 is 10.2 Å². The molecular formula is C15H25FN2O. The van der Waals surface area contributed by atoms with Crippen LogP contribution in [0.25, 0.3) is 0 Å². The van der Waals surface area contributed by atoms with Crippen molar-refractivity contribution in [3.8, 4) is 0 Å². The Labute approximate surface area is 115 Å². The molecule has 4 heteroatoms. The number of ether oxygens (including phenoxy) is 1. The van der Waals surface area contributed by atoms with Gasteiger partial charge in [-0.15, -0.1) is 0 Å². The van der Waals surface area contributed by atoms with E-state index >= 15 is 0 Å². The van der Waals surface area contributed by atoms with Gasteiger partial charge < -0.3 is 15.0 Å². The molecule has 3 nitrogen and oxygen atoms in total. The molecule has 0 fully saturated rings. The molecule has 0 amide bonds. The van der Waals surface area contributed by atoms with E-state index in [0.717, 1.165) is 24.2 Å². The lowest BCUT2D eigenvalue weighted by molar-refractivity contribution is 0.203. The Balaban J connectivity index is 3.05. The standard InChI is InChI=1S/C15H25FN2O/c1-5-12(2)18(8-9-19-4)15-7-6-14(16)10-13(15)11-17-3/h6-7,10,12,17H,5,8-9,11H2,1-4H3. The lowest BCUT2D eigenvalue weighted by atomic mass is 10.1. The first-order chi connectivity index (χ1) is 9.13. The molecule has 1 N–H and O–H groups in total. The van der Waals surface area contributed by atoms with Crippen LogP contribution in [-0.4, -0.2) is 33.4 Å². The highest BCUT2D eigenvalue weighted by molar-refractivity contribution is 5.54. The average molecular weight is 268 g/mol. The molecule has 1 atom stereocenters. The highest BCUT2D eigenvalue weighted by Crippen LogP contribution is 2.24. The van der Waals surface area contributed by atoms with E-state index in [0.29, 0.717) is 19.2 Å². The molecule has 1 aromatic rings. The fourth-order valence-electron chi connectivity index (χ4n) is 2.15.